The van der Waals surface area contributed by atoms with Crippen molar-refractivity contribution in [1.82, 2.24) is 9.97 Å². The smallest absolute Gasteiger partial charge is 0.338 e. The van der Waals surface area contributed by atoms with Crippen LogP contribution in [-0.2, 0) is 4.79 Å². The Hall–Kier alpha value is -1.49. The Balaban J connectivity index is 3.07. The molecule has 1 atom stereocenters. The van der Waals surface area contributed by atoms with Crippen molar-refractivity contribution in [3.05, 3.63) is 23.3 Å². The number of carbonyl (C=O) groups is 1. The van der Waals surface area contributed by atoms with Gasteiger partial charge in [0, 0.05) is 5.69 Å². The van der Waals surface area contributed by atoms with Gasteiger partial charge in [-0.05, 0) is 19.9 Å². The lowest BCUT2D eigenvalue weighted by Gasteiger charge is -2.05. The van der Waals surface area contributed by atoms with Crippen molar-refractivity contribution in [2.24, 2.45) is 0 Å². The molecule has 0 radical (unpaired) electrons. The van der Waals surface area contributed by atoms with Gasteiger partial charge in [-0.2, -0.15) is 0 Å². The largest absolute Gasteiger partial charge is 0.479 e. The van der Waals surface area contributed by atoms with E-state index >= 15 is 0 Å². The molecule has 0 bridgehead atoms. The summed E-state index contributed by atoms with van der Waals surface area (Å²) in [5.41, 5.74) is 0.764. The number of hydrogen-bond donors (Lipinski definition) is 2. The molecule has 1 unspecified atom stereocenters. The molecule has 0 amide bonds. The second-order valence-corrected chi connectivity index (χ2v) is 2.72. The Morgan fingerprint density at radius 1 is 1.46 bits per heavy atom. The van der Waals surface area contributed by atoms with E-state index in [1.165, 1.54) is 6.07 Å². The minimum atomic E-state index is -1.57. The van der Waals surface area contributed by atoms with Crippen LogP contribution >= 0.6 is 0 Å². The van der Waals surface area contributed by atoms with Crippen molar-refractivity contribution in [1.29, 1.82) is 0 Å². The summed E-state index contributed by atoms with van der Waals surface area (Å²) in [6.45, 7) is 3.36. The molecule has 13 heavy (non-hydrogen) atoms. The topological polar surface area (TPSA) is 83.3 Å². The first-order valence-corrected chi connectivity index (χ1v) is 3.74. The van der Waals surface area contributed by atoms with Crippen LogP contribution < -0.4 is 0 Å². The van der Waals surface area contributed by atoms with Crippen molar-refractivity contribution in [2.75, 3.05) is 0 Å². The van der Waals surface area contributed by atoms with Crippen molar-refractivity contribution < 1.29 is 15.0 Å². The number of carboxylic acids is 1. The van der Waals surface area contributed by atoms with E-state index in [4.69, 9.17) is 10.2 Å². The molecule has 0 fully saturated rings. The van der Waals surface area contributed by atoms with Crippen LogP contribution in [0.2, 0.25) is 0 Å². The Kier molecular flexibility index (Phi) is 2.57. The maximum atomic E-state index is 10.4. The highest BCUT2D eigenvalue weighted by atomic mass is 16.4. The molecular weight excluding hydrogens is 172 g/mol. The van der Waals surface area contributed by atoms with Crippen molar-refractivity contribution in [3.8, 4) is 0 Å². The average molecular weight is 182 g/mol. The molecule has 0 aliphatic rings. The third-order valence-electron chi connectivity index (χ3n) is 1.50. The maximum absolute atomic E-state index is 10.4. The van der Waals surface area contributed by atoms with E-state index < -0.39 is 12.1 Å². The highest BCUT2D eigenvalue weighted by molar-refractivity contribution is 5.73. The molecule has 0 saturated heterocycles. The average Bonchev–Trinajstić information content (AvgIpc) is 2.01. The Labute approximate surface area is 75.1 Å². The standard InChI is InChI=1S/C8H10N2O3/c1-4-3-6(7(11)8(12)13)10-5(2)9-4/h3,7,11H,1-2H3,(H,12,13). The molecule has 0 aliphatic heterocycles. The van der Waals surface area contributed by atoms with Gasteiger partial charge in [-0.1, -0.05) is 0 Å². The summed E-state index contributed by atoms with van der Waals surface area (Å²) in [6, 6.07) is 1.45. The third-order valence-corrected chi connectivity index (χ3v) is 1.50. The number of aromatic nitrogens is 2. The van der Waals surface area contributed by atoms with E-state index in [0.717, 1.165) is 0 Å². The summed E-state index contributed by atoms with van der Waals surface area (Å²) in [5, 5.41) is 17.7. The van der Waals surface area contributed by atoms with Crippen LogP contribution in [0.15, 0.2) is 6.07 Å². The fourth-order valence-corrected chi connectivity index (χ4v) is 1.01. The first-order valence-electron chi connectivity index (χ1n) is 3.74. The molecule has 5 nitrogen and oxygen atoms in total. The molecule has 0 saturated carbocycles. The first kappa shape index (κ1) is 9.60. The summed E-state index contributed by atoms with van der Waals surface area (Å²) in [5.74, 6) is -0.854. The SMILES string of the molecule is Cc1cc(C(O)C(=O)O)nc(C)n1. The summed E-state index contributed by atoms with van der Waals surface area (Å²) < 4.78 is 0. The van der Waals surface area contributed by atoms with Crippen molar-refractivity contribution >= 4 is 5.97 Å². The van der Waals surface area contributed by atoms with E-state index in [9.17, 15) is 4.79 Å². The molecule has 1 aromatic heterocycles. The summed E-state index contributed by atoms with van der Waals surface area (Å²) in [7, 11) is 0. The quantitative estimate of drug-likeness (QED) is 0.683. The zero-order chi connectivity index (χ0) is 10.0. The highest BCUT2D eigenvalue weighted by Gasteiger charge is 2.17. The Morgan fingerprint density at radius 2 is 2.08 bits per heavy atom. The maximum Gasteiger partial charge on any atom is 0.338 e. The minimum absolute atomic E-state index is 0.123. The third kappa shape index (κ3) is 2.22. The van der Waals surface area contributed by atoms with Gasteiger partial charge in [-0.15, -0.1) is 0 Å². The van der Waals surface area contributed by atoms with Gasteiger partial charge in [0.05, 0.1) is 5.69 Å². The number of hydrogen-bond acceptors (Lipinski definition) is 4. The van der Waals surface area contributed by atoms with Gasteiger partial charge in [-0.3, -0.25) is 0 Å². The molecule has 0 aliphatic carbocycles. The van der Waals surface area contributed by atoms with E-state index in [2.05, 4.69) is 9.97 Å². The lowest BCUT2D eigenvalue weighted by Crippen LogP contribution is -2.13. The van der Waals surface area contributed by atoms with Crippen LogP contribution in [0.25, 0.3) is 0 Å². The van der Waals surface area contributed by atoms with Crippen LogP contribution in [0, 0.1) is 13.8 Å². The summed E-state index contributed by atoms with van der Waals surface area (Å²) in [4.78, 5) is 18.2. The number of aliphatic carboxylic acids is 1. The van der Waals surface area contributed by atoms with E-state index in [-0.39, 0.29) is 5.69 Å². The minimum Gasteiger partial charge on any atom is -0.479 e. The van der Waals surface area contributed by atoms with E-state index in [1.54, 1.807) is 13.8 Å². The molecule has 2 N–H and O–H groups in total. The molecular formula is C8H10N2O3. The second kappa shape index (κ2) is 3.49. The lowest BCUT2D eigenvalue weighted by atomic mass is 10.2. The van der Waals surface area contributed by atoms with E-state index in [1.807, 2.05) is 0 Å². The lowest BCUT2D eigenvalue weighted by molar-refractivity contribution is -0.147. The molecule has 70 valence electrons. The van der Waals surface area contributed by atoms with Crippen LogP contribution in [0.5, 0.6) is 0 Å². The molecule has 1 rings (SSSR count). The summed E-state index contributed by atoms with van der Waals surface area (Å²) in [6.07, 6.45) is -1.57. The van der Waals surface area contributed by atoms with Gasteiger partial charge in [-0.25, -0.2) is 14.8 Å². The number of carboxylic acid groups (broad SMARTS) is 1. The first-order chi connectivity index (χ1) is 6.00. The van der Waals surface area contributed by atoms with Crippen LogP contribution in [0.3, 0.4) is 0 Å². The second-order valence-electron chi connectivity index (χ2n) is 2.72. The molecule has 1 aromatic rings. The molecule has 0 aromatic carbocycles. The monoisotopic (exact) mass is 182 g/mol. The molecule has 1 heterocycles. The number of nitrogens with zero attached hydrogens (tertiary/aromatic N) is 2. The molecule has 5 heteroatoms. The fraction of sp³-hybridized carbons (Fsp3) is 0.375. The number of aliphatic hydroxyl groups excluding tert-OH is 1. The number of aliphatic hydroxyl groups is 1. The number of rotatable bonds is 2. The van der Waals surface area contributed by atoms with Crippen LogP contribution in [-0.4, -0.2) is 26.2 Å². The van der Waals surface area contributed by atoms with Gasteiger partial charge in [0.1, 0.15) is 5.82 Å². The van der Waals surface area contributed by atoms with E-state index in [0.29, 0.717) is 11.5 Å². The Morgan fingerprint density at radius 3 is 2.54 bits per heavy atom. The number of aryl methyl sites for hydroxylation is 2. The van der Waals surface area contributed by atoms with Gasteiger partial charge in [0.15, 0.2) is 6.10 Å². The van der Waals surface area contributed by atoms with Gasteiger partial charge in [0.25, 0.3) is 0 Å². The summed E-state index contributed by atoms with van der Waals surface area (Å²) >= 11 is 0. The van der Waals surface area contributed by atoms with Crippen molar-refractivity contribution in [3.63, 3.8) is 0 Å². The van der Waals surface area contributed by atoms with Crippen molar-refractivity contribution in [2.45, 2.75) is 20.0 Å². The Bertz CT molecular complexity index is 318. The fourth-order valence-electron chi connectivity index (χ4n) is 1.01. The predicted octanol–water partition coefficient (Wildman–Crippen LogP) is 0.211. The predicted molar refractivity (Wildman–Crippen MR) is 44.1 cm³/mol. The normalized spacial score (nSPS) is 12.5. The van der Waals surface area contributed by atoms with Crippen LogP contribution in [0.4, 0.5) is 0 Å². The molecule has 0 spiro atoms. The van der Waals surface area contributed by atoms with Crippen LogP contribution in [0.1, 0.15) is 23.3 Å². The van der Waals surface area contributed by atoms with Gasteiger partial charge in [0.2, 0.25) is 0 Å². The van der Waals surface area contributed by atoms with Gasteiger partial charge < -0.3 is 10.2 Å². The zero-order valence-electron chi connectivity index (χ0n) is 7.35. The highest BCUT2D eigenvalue weighted by Crippen LogP contribution is 2.10. The zero-order valence-corrected chi connectivity index (χ0v) is 7.35. The van der Waals surface area contributed by atoms with Gasteiger partial charge >= 0.3 is 5.97 Å².